The average Bonchev–Trinajstić information content (AvgIpc) is 3.15. The number of benzene rings is 2. The summed E-state index contributed by atoms with van der Waals surface area (Å²) in [6.45, 7) is 6.21. The Kier molecular flexibility index (Phi) is 5.08. The van der Waals surface area contributed by atoms with Crippen LogP contribution in [0, 0.1) is 5.41 Å². The number of thioether (sulfide) groups is 1. The van der Waals surface area contributed by atoms with Gasteiger partial charge in [-0.25, -0.2) is 4.98 Å². The molecule has 0 radical (unpaired) electrons. The Balaban J connectivity index is 1.73. The highest BCUT2D eigenvalue weighted by Gasteiger charge is 2.22. The highest BCUT2D eigenvalue weighted by atomic mass is 32.2. The summed E-state index contributed by atoms with van der Waals surface area (Å²) < 4.78 is 12.4. The van der Waals surface area contributed by atoms with E-state index in [0.29, 0.717) is 34.1 Å². The molecule has 0 amide bonds. The van der Waals surface area contributed by atoms with Crippen LogP contribution >= 0.6 is 11.8 Å². The van der Waals surface area contributed by atoms with Gasteiger partial charge in [-0.2, -0.15) is 0 Å². The van der Waals surface area contributed by atoms with Gasteiger partial charge in [-0.1, -0.05) is 50.7 Å². The molecular formula is C22H22N2O4S. The molecule has 0 saturated heterocycles. The normalized spacial score (nSPS) is 13.1. The molecule has 0 N–H and O–H groups in total. The molecule has 4 rings (SSSR count). The number of ether oxygens (including phenoxy) is 2. The smallest absolute Gasteiger partial charge is 0.262 e. The van der Waals surface area contributed by atoms with Gasteiger partial charge < -0.3 is 9.47 Å². The lowest BCUT2D eigenvalue weighted by molar-refractivity contribution is -0.123. The predicted octanol–water partition coefficient (Wildman–Crippen LogP) is 3.88. The van der Waals surface area contributed by atoms with Gasteiger partial charge in [0.1, 0.15) is 5.78 Å². The van der Waals surface area contributed by atoms with Gasteiger partial charge in [0, 0.05) is 5.41 Å². The lowest BCUT2D eigenvalue weighted by atomic mass is 9.92. The molecule has 0 saturated carbocycles. The fraction of sp³-hybridized carbons (Fsp3) is 0.318. The highest BCUT2D eigenvalue weighted by molar-refractivity contribution is 7.99. The van der Waals surface area contributed by atoms with Crippen molar-refractivity contribution in [3.05, 3.63) is 58.4 Å². The number of fused-ring (bicyclic) bond motifs is 2. The summed E-state index contributed by atoms with van der Waals surface area (Å²) in [6, 6.07) is 12.9. The summed E-state index contributed by atoms with van der Waals surface area (Å²) in [4.78, 5) is 30.3. The Morgan fingerprint density at radius 2 is 1.90 bits per heavy atom. The van der Waals surface area contributed by atoms with Crippen LogP contribution in [0.5, 0.6) is 11.5 Å². The fourth-order valence-electron chi connectivity index (χ4n) is 2.97. The van der Waals surface area contributed by atoms with E-state index in [1.165, 1.54) is 11.8 Å². The summed E-state index contributed by atoms with van der Waals surface area (Å²) >= 11 is 1.30. The lowest BCUT2D eigenvalue weighted by Crippen LogP contribution is -2.26. The minimum atomic E-state index is -0.438. The van der Waals surface area contributed by atoms with E-state index >= 15 is 0 Å². The minimum absolute atomic E-state index is 0.111. The number of Topliss-reactive ketones (excluding diaryl/α,β-unsaturated/α-hetero) is 1. The van der Waals surface area contributed by atoms with Gasteiger partial charge >= 0.3 is 0 Å². The maximum absolute atomic E-state index is 13.2. The zero-order valence-corrected chi connectivity index (χ0v) is 17.4. The number of aromatic nitrogens is 2. The molecule has 0 atom stereocenters. The SMILES string of the molecule is CC(C)(C)C(=O)CSc1nc2ccccc2c(=O)n1Cc1ccc2c(c1)OCO2. The van der Waals surface area contributed by atoms with Crippen molar-refractivity contribution >= 4 is 28.4 Å². The second kappa shape index (κ2) is 7.55. The molecule has 2 aromatic carbocycles. The summed E-state index contributed by atoms with van der Waals surface area (Å²) in [6.07, 6.45) is 0. The Hall–Kier alpha value is -2.80. The van der Waals surface area contributed by atoms with Crippen LogP contribution in [0.25, 0.3) is 10.9 Å². The monoisotopic (exact) mass is 410 g/mol. The maximum Gasteiger partial charge on any atom is 0.262 e. The molecule has 2 heterocycles. The molecule has 0 spiro atoms. The first-order valence-corrected chi connectivity index (χ1v) is 10.4. The second-order valence-electron chi connectivity index (χ2n) is 7.95. The predicted molar refractivity (Wildman–Crippen MR) is 113 cm³/mol. The Bertz CT molecular complexity index is 1150. The molecule has 3 aromatic rings. The molecular weight excluding hydrogens is 388 g/mol. The van der Waals surface area contributed by atoms with E-state index in [1.807, 2.05) is 57.2 Å². The summed E-state index contributed by atoms with van der Waals surface area (Å²) in [5.41, 5.74) is 0.966. The van der Waals surface area contributed by atoms with Crippen molar-refractivity contribution < 1.29 is 14.3 Å². The van der Waals surface area contributed by atoms with E-state index in [2.05, 4.69) is 4.98 Å². The van der Waals surface area contributed by atoms with Crippen molar-refractivity contribution in [1.82, 2.24) is 9.55 Å². The number of nitrogens with zero attached hydrogens (tertiary/aromatic N) is 2. The number of hydrogen-bond donors (Lipinski definition) is 0. The molecule has 7 heteroatoms. The fourth-order valence-corrected chi connectivity index (χ4v) is 4.13. The van der Waals surface area contributed by atoms with Crippen molar-refractivity contribution in [3.8, 4) is 11.5 Å². The van der Waals surface area contributed by atoms with Crippen LogP contribution in [0.3, 0.4) is 0 Å². The molecule has 0 fully saturated rings. The minimum Gasteiger partial charge on any atom is -0.454 e. The van der Waals surface area contributed by atoms with Crippen LogP contribution in [0.2, 0.25) is 0 Å². The number of carbonyl (C=O) groups excluding carboxylic acids is 1. The van der Waals surface area contributed by atoms with Crippen molar-refractivity contribution in [3.63, 3.8) is 0 Å². The summed E-state index contributed by atoms with van der Waals surface area (Å²) in [5, 5.41) is 1.09. The highest BCUT2D eigenvalue weighted by Crippen LogP contribution is 2.33. The van der Waals surface area contributed by atoms with Crippen molar-refractivity contribution in [2.75, 3.05) is 12.5 Å². The van der Waals surface area contributed by atoms with Crippen LogP contribution in [0.1, 0.15) is 26.3 Å². The van der Waals surface area contributed by atoms with E-state index in [4.69, 9.17) is 9.47 Å². The first kappa shape index (κ1) is 19.5. The van der Waals surface area contributed by atoms with E-state index in [1.54, 1.807) is 10.6 Å². The molecule has 0 aliphatic carbocycles. The third-order valence-corrected chi connectivity index (χ3v) is 5.75. The number of rotatable bonds is 5. The molecule has 0 bridgehead atoms. The van der Waals surface area contributed by atoms with Gasteiger partial charge in [0.25, 0.3) is 5.56 Å². The van der Waals surface area contributed by atoms with Crippen LogP contribution < -0.4 is 15.0 Å². The van der Waals surface area contributed by atoms with Gasteiger partial charge in [0.2, 0.25) is 6.79 Å². The first-order chi connectivity index (χ1) is 13.8. The largest absolute Gasteiger partial charge is 0.454 e. The summed E-state index contributed by atoms with van der Waals surface area (Å²) in [7, 11) is 0. The van der Waals surface area contributed by atoms with Crippen LogP contribution in [-0.2, 0) is 11.3 Å². The van der Waals surface area contributed by atoms with Gasteiger partial charge in [-0.15, -0.1) is 0 Å². The molecule has 1 aliphatic rings. The van der Waals surface area contributed by atoms with Gasteiger partial charge in [0.05, 0.1) is 23.2 Å². The standard InChI is InChI=1S/C22H22N2O4S/c1-22(2,3)19(25)12-29-21-23-16-7-5-4-6-15(16)20(26)24(21)11-14-8-9-17-18(10-14)28-13-27-17/h4-10H,11-13H2,1-3H3. The second-order valence-corrected chi connectivity index (χ2v) is 8.89. The molecule has 6 nitrogen and oxygen atoms in total. The summed E-state index contributed by atoms with van der Waals surface area (Å²) in [5.74, 6) is 1.74. The van der Waals surface area contributed by atoms with Gasteiger partial charge in [0.15, 0.2) is 16.7 Å². The average molecular weight is 410 g/mol. The number of hydrogen-bond acceptors (Lipinski definition) is 6. The lowest BCUT2D eigenvalue weighted by Gasteiger charge is -2.17. The Morgan fingerprint density at radius 1 is 1.14 bits per heavy atom. The van der Waals surface area contributed by atoms with Gasteiger partial charge in [-0.3, -0.25) is 14.2 Å². The topological polar surface area (TPSA) is 70.4 Å². The first-order valence-electron chi connectivity index (χ1n) is 9.37. The number of ketones is 1. The molecule has 29 heavy (non-hydrogen) atoms. The quantitative estimate of drug-likeness (QED) is 0.470. The van der Waals surface area contributed by atoms with Crippen molar-refractivity contribution in [2.45, 2.75) is 32.5 Å². The van der Waals surface area contributed by atoms with E-state index < -0.39 is 5.41 Å². The molecule has 150 valence electrons. The molecule has 0 unspecified atom stereocenters. The number of para-hydroxylation sites is 1. The van der Waals surface area contributed by atoms with Crippen LogP contribution in [0.15, 0.2) is 52.4 Å². The third kappa shape index (κ3) is 4.00. The van der Waals surface area contributed by atoms with Crippen molar-refractivity contribution in [1.29, 1.82) is 0 Å². The maximum atomic E-state index is 13.2. The van der Waals surface area contributed by atoms with Crippen LogP contribution in [0.4, 0.5) is 0 Å². The zero-order chi connectivity index (χ0) is 20.6. The Labute approximate surface area is 172 Å². The Morgan fingerprint density at radius 3 is 2.69 bits per heavy atom. The number of carbonyl (C=O) groups is 1. The van der Waals surface area contributed by atoms with Crippen molar-refractivity contribution in [2.24, 2.45) is 5.41 Å². The molecule has 1 aromatic heterocycles. The van der Waals surface area contributed by atoms with Crippen LogP contribution in [-0.4, -0.2) is 27.9 Å². The van der Waals surface area contributed by atoms with Gasteiger partial charge in [-0.05, 0) is 29.8 Å². The zero-order valence-electron chi connectivity index (χ0n) is 16.6. The van der Waals surface area contributed by atoms with E-state index in [-0.39, 0.29) is 23.9 Å². The third-order valence-electron chi connectivity index (χ3n) is 4.77. The van der Waals surface area contributed by atoms with E-state index in [9.17, 15) is 9.59 Å². The molecule has 1 aliphatic heterocycles. The van der Waals surface area contributed by atoms with E-state index in [0.717, 1.165) is 5.56 Å².